The van der Waals surface area contributed by atoms with Gasteiger partial charge < -0.3 is 5.32 Å². The molecule has 1 saturated heterocycles. The first-order chi connectivity index (χ1) is 12.3. The minimum absolute atomic E-state index is 0.0825. The van der Waals surface area contributed by atoms with E-state index in [1.54, 1.807) is 23.3 Å². The Bertz CT molecular complexity index is 887. The molecule has 0 saturated carbocycles. The van der Waals surface area contributed by atoms with Gasteiger partial charge in [-0.05, 0) is 12.8 Å². The smallest absolute Gasteiger partial charge is 0.223 e. The molecule has 1 amide bonds. The molecule has 1 N–H and O–H groups in total. The number of hydrogen-bond donors (Lipinski definition) is 1. The molecule has 1 aliphatic rings. The molecule has 10 heteroatoms. The van der Waals surface area contributed by atoms with Crippen LogP contribution in [-0.2, 0) is 28.4 Å². The zero-order valence-corrected chi connectivity index (χ0v) is 15.6. The third kappa shape index (κ3) is 4.25. The van der Waals surface area contributed by atoms with Crippen LogP contribution in [-0.4, -0.2) is 57.7 Å². The fourth-order valence-corrected chi connectivity index (χ4v) is 3.92. The summed E-state index contributed by atoms with van der Waals surface area (Å²) in [6.45, 7) is 1.02. The predicted octanol–water partition coefficient (Wildman–Crippen LogP) is 0.165. The first-order valence-electron chi connectivity index (χ1n) is 8.36. The van der Waals surface area contributed by atoms with Gasteiger partial charge in [-0.3, -0.25) is 19.4 Å². The Kier molecular flexibility index (Phi) is 5.33. The van der Waals surface area contributed by atoms with Crippen molar-refractivity contribution in [2.45, 2.75) is 19.4 Å². The zero-order chi connectivity index (χ0) is 18.7. The van der Waals surface area contributed by atoms with Crippen molar-refractivity contribution >= 4 is 15.9 Å². The van der Waals surface area contributed by atoms with Gasteiger partial charge in [0.2, 0.25) is 15.9 Å². The van der Waals surface area contributed by atoms with Gasteiger partial charge in [0.1, 0.15) is 0 Å². The van der Waals surface area contributed by atoms with Crippen LogP contribution >= 0.6 is 0 Å². The van der Waals surface area contributed by atoms with E-state index in [-0.39, 0.29) is 18.4 Å². The summed E-state index contributed by atoms with van der Waals surface area (Å²) in [5, 5.41) is 7.04. The van der Waals surface area contributed by atoms with Gasteiger partial charge in [-0.25, -0.2) is 12.7 Å². The summed E-state index contributed by atoms with van der Waals surface area (Å²) in [5.74, 6) is -0.271. The zero-order valence-electron chi connectivity index (χ0n) is 14.8. The average Bonchev–Trinajstić information content (AvgIpc) is 3.05. The minimum Gasteiger partial charge on any atom is -0.350 e. The summed E-state index contributed by atoms with van der Waals surface area (Å²) in [6, 6.07) is 0. The van der Waals surface area contributed by atoms with Gasteiger partial charge in [-0.15, -0.1) is 0 Å². The van der Waals surface area contributed by atoms with Crippen LogP contribution in [0, 0.1) is 5.92 Å². The van der Waals surface area contributed by atoms with E-state index in [9.17, 15) is 13.2 Å². The van der Waals surface area contributed by atoms with Gasteiger partial charge in [0.15, 0.2) is 0 Å². The molecule has 0 bridgehead atoms. The number of rotatable bonds is 5. The molecule has 0 unspecified atom stereocenters. The molecule has 1 aliphatic heterocycles. The van der Waals surface area contributed by atoms with Crippen LogP contribution in [0.3, 0.4) is 0 Å². The highest BCUT2D eigenvalue weighted by Crippen LogP contribution is 2.21. The lowest BCUT2D eigenvalue weighted by atomic mass is 9.97. The van der Waals surface area contributed by atoms with Crippen molar-refractivity contribution < 1.29 is 13.2 Å². The van der Waals surface area contributed by atoms with Gasteiger partial charge in [0.25, 0.3) is 0 Å². The SMILES string of the molecule is Cn1cc(-c2nccnc2CNC(=O)C2CCN(S(C)(=O)=O)CC2)cn1. The summed E-state index contributed by atoms with van der Waals surface area (Å²) in [4.78, 5) is 21.1. The second-order valence-corrected chi connectivity index (χ2v) is 8.39. The Morgan fingerprint density at radius 2 is 1.96 bits per heavy atom. The van der Waals surface area contributed by atoms with Crippen LogP contribution < -0.4 is 5.32 Å². The Balaban J connectivity index is 1.61. The lowest BCUT2D eigenvalue weighted by Crippen LogP contribution is -2.42. The molecule has 2 aromatic rings. The summed E-state index contributed by atoms with van der Waals surface area (Å²) in [7, 11) is -1.37. The second-order valence-electron chi connectivity index (χ2n) is 6.41. The van der Waals surface area contributed by atoms with E-state index < -0.39 is 10.0 Å². The first kappa shape index (κ1) is 18.5. The fourth-order valence-electron chi connectivity index (χ4n) is 3.05. The molecule has 0 aliphatic carbocycles. The topological polar surface area (TPSA) is 110 Å². The quantitative estimate of drug-likeness (QED) is 0.794. The van der Waals surface area contributed by atoms with Crippen molar-refractivity contribution in [2.75, 3.05) is 19.3 Å². The molecule has 0 aromatic carbocycles. The molecule has 3 heterocycles. The summed E-state index contributed by atoms with van der Waals surface area (Å²) < 4.78 is 26.2. The molecule has 9 nitrogen and oxygen atoms in total. The molecular formula is C16H22N6O3S. The largest absolute Gasteiger partial charge is 0.350 e. The molecule has 0 atom stereocenters. The van der Waals surface area contributed by atoms with Crippen LogP contribution in [0.25, 0.3) is 11.3 Å². The summed E-state index contributed by atoms with van der Waals surface area (Å²) in [6.07, 6.45) is 8.98. The Morgan fingerprint density at radius 1 is 1.27 bits per heavy atom. The molecule has 3 rings (SSSR count). The van der Waals surface area contributed by atoms with Crippen LogP contribution in [0.5, 0.6) is 0 Å². The maximum atomic E-state index is 12.4. The fraction of sp³-hybridized carbons (Fsp3) is 0.500. The first-order valence-corrected chi connectivity index (χ1v) is 10.2. The maximum absolute atomic E-state index is 12.4. The third-order valence-electron chi connectivity index (χ3n) is 4.48. The van der Waals surface area contributed by atoms with E-state index in [0.717, 1.165) is 5.56 Å². The number of amides is 1. The van der Waals surface area contributed by atoms with Gasteiger partial charge in [0.05, 0.1) is 30.4 Å². The van der Waals surface area contributed by atoms with Crippen molar-refractivity contribution in [1.29, 1.82) is 0 Å². The number of sulfonamides is 1. The van der Waals surface area contributed by atoms with E-state index in [4.69, 9.17) is 0 Å². The highest BCUT2D eigenvalue weighted by molar-refractivity contribution is 7.88. The van der Waals surface area contributed by atoms with Gasteiger partial charge in [0, 0.05) is 50.2 Å². The van der Waals surface area contributed by atoms with Crippen molar-refractivity contribution in [3.8, 4) is 11.3 Å². The Morgan fingerprint density at radius 3 is 2.58 bits per heavy atom. The molecule has 0 spiro atoms. The lowest BCUT2D eigenvalue weighted by molar-refractivity contribution is -0.126. The number of piperidine rings is 1. The van der Waals surface area contributed by atoms with Crippen molar-refractivity contribution in [2.24, 2.45) is 13.0 Å². The Labute approximate surface area is 152 Å². The van der Waals surface area contributed by atoms with Gasteiger partial charge in [-0.2, -0.15) is 5.10 Å². The number of carbonyl (C=O) groups is 1. The third-order valence-corrected chi connectivity index (χ3v) is 5.78. The van der Waals surface area contributed by atoms with Crippen molar-refractivity contribution in [3.63, 3.8) is 0 Å². The van der Waals surface area contributed by atoms with Crippen molar-refractivity contribution in [3.05, 3.63) is 30.5 Å². The highest BCUT2D eigenvalue weighted by Gasteiger charge is 2.28. The molecule has 1 fully saturated rings. The van der Waals surface area contributed by atoms with E-state index in [1.165, 1.54) is 10.6 Å². The second kappa shape index (κ2) is 7.50. The van der Waals surface area contributed by atoms with Crippen LogP contribution in [0.4, 0.5) is 0 Å². The number of hydrogen-bond acceptors (Lipinski definition) is 6. The monoisotopic (exact) mass is 378 g/mol. The van der Waals surface area contributed by atoms with E-state index >= 15 is 0 Å². The predicted molar refractivity (Wildman–Crippen MR) is 95.2 cm³/mol. The molecule has 26 heavy (non-hydrogen) atoms. The number of nitrogens with one attached hydrogen (secondary N) is 1. The highest BCUT2D eigenvalue weighted by atomic mass is 32.2. The molecule has 2 aromatic heterocycles. The van der Waals surface area contributed by atoms with Crippen LogP contribution in [0.1, 0.15) is 18.5 Å². The standard InChI is InChI=1S/C16H22N6O3S/c1-21-11-13(9-20-21)15-14(17-5-6-18-15)10-19-16(23)12-3-7-22(8-4-12)26(2,24)25/h5-6,9,11-12H,3-4,7-8,10H2,1-2H3,(H,19,23). The number of nitrogens with zero attached hydrogens (tertiary/aromatic N) is 5. The van der Waals surface area contributed by atoms with E-state index in [1.807, 2.05) is 13.2 Å². The summed E-state index contributed by atoms with van der Waals surface area (Å²) in [5.41, 5.74) is 2.20. The van der Waals surface area contributed by atoms with Crippen LogP contribution in [0.15, 0.2) is 24.8 Å². The summed E-state index contributed by atoms with van der Waals surface area (Å²) >= 11 is 0. The molecular weight excluding hydrogens is 356 g/mol. The maximum Gasteiger partial charge on any atom is 0.223 e. The number of carbonyl (C=O) groups excluding carboxylic acids is 1. The average molecular weight is 378 g/mol. The number of aryl methyl sites for hydroxylation is 1. The minimum atomic E-state index is -3.19. The van der Waals surface area contributed by atoms with E-state index in [2.05, 4.69) is 20.4 Å². The van der Waals surface area contributed by atoms with Gasteiger partial charge >= 0.3 is 0 Å². The normalized spacial score (nSPS) is 16.5. The lowest BCUT2D eigenvalue weighted by Gasteiger charge is -2.29. The number of aromatic nitrogens is 4. The van der Waals surface area contributed by atoms with Gasteiger partial charge in [-0.1, -0.05) is 0 Å². The van der Waals surface area contributed by atoms with Crippen molar-refractivity contribution in [1.82, 2.24) is 29.4 Å². The molecule has 0 radical (unpaired) electrons. The molecule has 140 valence electrons. The van der Waals surface area contributed by atoms with E-state index in [0.29, 0.717) is 37.3 Å². The van der Waals surface area contributed by atoms with Crippen LogP contribution in [0.2, 0.25) is 0 Å². The Hall–Kier alpha value is -2.33.